The second-order valence-electron chi connectivity index (χ2n) is 6.74. The second kappa shape index (κ2) is 4.06. The molecule has 2 N–H and O–H groups in total. The number of nitrogens with two attached hydrogens (primary N) is 1. The van der Waals surface area contributed by atoms with Crippen molar-refractivity contribution in [2.45, 2.75) is 44.6 Å². The summed E-state index contributed by atoms with van der Waals surface area (Å²) >= 11 is 0. The number of hydrogen-bond acceptors (Lipinski definition) is 2. The van der Waals surface area contributed by atoms with E-state index in [9.17, 15) is 0 Å². The van der Waals surface area contributed by atoms with E-state index in [0.29, 0.717) is 6.54 Å². The van der Waals surface area contributed by atoms with Crippen molar-refractivity contribution in [1.82, 2.24) is 4.98 Å². The standard InChI is InChI=1S/C16H22N2/c17-8-12-1-2-18-9-15(12)16-13-4-10-3-11(6-13)7-14(16)5-10/h1-2,9-11,13-14,16H,3-8,17H2. The van der Waals surface area contributed by atoms with Crippen molar-refractivity contribution in [1.29, 1.82) is 0 Å². The van der Waals surface area contributed by atoms with Gasteiger partial charge in [-0.25, -0.2) is 0 Å². The molecule has 4 aliphatic carbocycles. The van der Waals surface area contributed by atoms with Gasteiger partial charge in [0.15, 0.2) is 0 Å². The van der Waals surface area contributed by atoms with Gasteiger partial charge in [-0.3, -0.25) is 4.98 Å². The Labute approximate surface area is 109 Å². The Morgan fingerprint density at radius 2 is 1.72 bits per heavy atom. The summed E-state index contributed by atoms with van der Waals surface area (Å²) in [7, 11) is 0. The highest BCUT2D eigenvalue weighted by molar-refractivity contribution is 5.30. The van der Waals surface area contributed by atoms with Gasteiger partial charge in [-0.1, -0.05) is 0 Å². The van der Waals surface area contributed by atoms with Gasteiger partial charge in [0.25, 0.3) is 0 Å². The molecule has 1 aromatic rings. The Kier molecular flexibility index (Phi) is 2.47. The average molecular weight is 242 g/mol. The molecular formula is C16H22N2. The van der Waals surface area contributed by atoms with Gasteiger partial charge >= 0.3 is 0 Å². The van der Waals surface area contributed by atoms with Gasteiger partial charge in [-0.15, -0.1) is 0 Å². The Morgan fingerprint density at radius 3 is 2.33 bits per heavy atom. The number of hydrogen-bond donors (Lipinski definition) is 1. The summed E-state index contributed by atoms with van der Waals surface area (Å²) in [5.41, 5.74) is 8.73. The van der Waals surface area contributed by atoms with Crippen molar-refractivity contribution in [3.05, 3.63) is 29.6 Å². The lowest BCUT2D eigenvalue weighted by atomic mass is 9.50. The molecule has 0 atom stereocenters. The summed E-state index contributed by atoms with van der Waals surface area (Å²) in [6, 6.07) is 2.13. The van der Waals surface area contributed by atoms with Gasteiger partial charge in [0.05, 0.1) is 0 Å². The van der Waals surface area contributed by atoms with Crippen LogP contribution in [0.3, 0.4) is 0 Å². The van der Waals surface area contributed by atoms with Crippen LogP contribution in [-0.4, -0.2) is 4.98 Å². The van der Waals surface area contributed by atoms with E-state index in [1.165, 1.54) is 43.2 Å². The molecule has 0 saturated heterocycles. The van der Waals surface area contributed by atoms with Crippen LogP contribution in [0, 0.1) is 23.7 Å². The van der Waals surface area contributed by atoms with E-state index in [4.69, 9.17) is 5.73 Å². The third-order valence-electron chi connectivity index (χ3n) is 5.75. The molecule has 4 fully saturated rings. The summed E-state index contributed by atoms with van der Waals surface area (Å²) in [5.74, 6) is 4.71. The zero-order valence-electron chi connectivity index (χ0n) is 10.9. The molecule has 5 rings (SSSR count). The van der Waals surface area contributed by atoms with Gasteiger partial charge in [0, 0.05) is 18.9 Å². The smallest absolute Gasteiger partial charge is 0.0306 e. The lowest BCUT2D eigenvalue weighted by Crippen LogP contribution is -2.44. The van der Waals surface area contributed by atoms with Crippen molar-refractivity contribution < 1.29 is 0 Å². The van der Waals surface area contributed by atoms with Crippen molar-refractivity contribution in [3.63, 3.8) is 0 Å². The van der Waals surface area contributed by atoms with Crippen LogP contribution < -0.4 is 5.73 Å². The van der Waals surface area contributed by atoms with E-state index in [1.807, 2.05) is 6.20 Å². The molecule has 4 aliphatic rings. The quantitative estimate of drug-likeness (QED) is 0.865. The molecule has 0 unspecified atom stereocenters. The molecule has 0 amide bonds. The summed E-state index contributed by atoms with van der Waals surface area (Å²) < 4.78 is 0. The maximum Gasteiger partial charge on any atom is 0.0306 e. The molecule has 1 heterocycles. The minimum atomic E-state index is 0.667. The third kappa shape index (κ3) is 1.55. The van der Waals surface area contributed by atoms with E-state index in [1.54, 1.807) is 0 Å². The van der Waals surface area contributed by atoms with Gasteiger partial charge in [0.2, 0.25) is 0 Å². The predicted molar refractivity (Wildman–Crippen MR) is 71.9 cm³/mol. The zero-order valence-corrected chi connectivity index (χ0v) is 10.9. The van der Waals surface area contributed by atoms with Crippen molar-refractivity contribution in [2.75, 3.05) is 0 Å². The fraction of sp³-hybridized carbons (Fsp3) is 0.688. The van der Waals surface area contributed by atoms with Crippen LogP contribution in [0.5, 0.6) is 0 Å². The molecule has 0 radical (unpaired) electrons. The highest BCUT2D eigenvalue weighted by atomic mass is 14.6. The monoisotopic (exact) mass is 242 g/mol. The van der Waals surface area contributed by atoms with Crippen LogP contribution in [-0.2, 0) is 6.54 Å². The van der Waals surface area contributed by atoms with Crippen LogP contribution in [0.4, 0.5) is 0 Å². The topological polar surface area (TPSA) is 38.9 Å². The molecule has 2 heteroatoms. The van der Waals surface area contributed by atoms with Crippen LogP contribution >= 0.6 is 0 Å². The van der Waals surface area contributed by atoms with Gasteiger partial charge in [-0.2, -0.15) is 0 Å². The molecule has 0 aliphatic heterocycles. The summed E-state index contributed by atoms with van der Waals surface area (Å²) in [6.45, 7) is 0.667. The summed E-state index contributed by atoms with van der Waals surface area (Å²) in [4.78, 5) is 4.37. The number of nitrogens with zero attached hydrogens (tertiary/aromatic N) is 1. The van der Waals surface area contributed by atoms with Gasteiger partial charge < -0.3 is 5.73 Å². The van der Waals surface area contributed by atoms with Crippen LogP contribution in [0.15, 0.2) is 18.5 Å². The van der Waals surface area contributed by atoms with Crippen LogP contribution in [0.25, 0.3) is 0 Å². The first kappa shape index (κ1) is 11.0. The molecule has 4 saturated carbocycles. The Hall–Kier alpha value is -0.890. The Balaban J connectivity index is 1.72. The first-order valence-electron chi connectivity index (χ1n) is 7.48. The first-order valence-corrected chi connectivity index (χ1v) is 7.48. The fourth-order valence-corrected chi connectivity index (χ4v) is 5.35. The molecule has 0 aromatic carbocycles. The van der Waals surface area contributed by atoms with E-state index in [-0.39, 0.29) is 0 Å². The molecule has 1 aromatic heterocycles. The van der Waals surface area contributed by atoms with Crippen LogP contribution in [0.2, 0.25) is 0 Å². The minimum Gasteiger partial charge on any atom is -0.326 e. The molecular weight excluding hydrogens is 220 g/mol. The highest BCUT2D eigenvalue weighted by Gasteiger charge is 2.48. The summed E-state index contributed by atoms with van der Waals surface area (Å²) in [6.07, 6.45) is 11.4. The lowest BCUT2D eigenvalue weighted by molar-refractivity contribution is -0.00315. The average Bonchev–Trinajstić information content (AvgIpc) is 2.38. The highest BCUT2D eigenvalue weighted by Crippen LogP contribution is 2.59. The lowest BCUT2D eigenvalue weighted by Gasteiger charge is -2.54. The third-order valence-corrected chi connectivity index (χ3v) is 5.75. The van der Waals surface area contributed by atoms with E-state index in [0.717, 1.165) is 29.6 Å². The predicted octanol–water partition coefficient (Wildman–Crippen LogP) is 3.08. The fourth-order valence-electron chi connectivity index (χ4n) is 5.35. The van der Waals surface area contributed by atoms with E-state index >= 15 is 0 Å². The van der Waals surface area contributed by atoms with Crippen molar-refractivity contribution >= 4 is 0 Å². The number of aromatic nitrogens is 1. The molecule has 0 spiro atoms. The summed E-state index contributed by atoms with van der Waals surface area (Å²) in [5, 5.41) is 0. The Morgan fingerprint density at radius 1 is 1.06 bits per heavy atom. The SMILES string of the molecule is NCc1ccncc1C1C2CC3CC(C2)CC1C3. The van der Waals surface area contributed by atoms with Gasteiger partial charge in [0.1, 0.15) is 0 Å². The van der Waals surface area contributed by atoms with Crippen molar-refractivity contribution in [3.8, 4) is 0 Å². The maximum absolute atomic E-state index is 5.92. The van der Waals surface area contributed by atoms with Crippen LogP contribution in [0.1, 0.15) is 49.1 Å². The van der Waals surface area contributed by atoms with E-state index in [2.05, 4.69) is 17.2 Å². The molecule has 96 valence electrons. The largest absolute Gasteiger partial charge is 0.326 e. The Bertz CT molecular complexity index is 426. The minimum absolute atomic E-state index is 0.667. The van der Waals surface area contributed by atoms with Crippen molar-refractivity contribution in [2.24, 2.45) is 29.4 Å². The maximum atomic E-state index is 5.92. The molecule has 2 nitrogen and oxygen atoms in total. The first-order chi connectivity index (χ1) is 8.85. The normalized spacial score (nSPS) is 41.3. The van der Waals surface area contributed by atoms with E-state index < -0.39 is 0 Å². The second-order valence-corrected chi connectivity index (χ2v) is 6.74. The van der Waals surface area contributed by atoms with Gasteiger partial charge in [-0.05, 0) is 78.9 Å². The number of rotatable bonds is 2. The molecule has 4 bridgehead atoms. The number of pyridine rings is 1. The molecule has 18 heavy (non-hydrogen) atoms. The zero-order chi connectivity index (χ0) is 12.1.